The average Bonchev–Trinajstić information content (AvgIpc) is 2.56. The smallest absolute Gasteiger partial charge is 0.224 e. The zero-order valence-electron chi connectivity index (χ0n) is 14.2. The van der Waals surface area contributed by atoms with Crippen molar-refractivity contribution in [2.45, 2.75) is 52.0 Å². The maximum absolute atomic E-state index is 13.9. The Kier molecular flexibility index (Phi) is 6.29. The Morgan fingerprint density at radius 2 is 2.04 bits per heavy atom. The molecule has 1 saturated heterocycles. The fraction of sp³-hybridized carbons (Fsp3) is 0.556. The Labute approximate surface area is 141 Å². The van der Waals surface area contributed by atoms with Gasteiger partial charge in [-0.15, -0.1) is 0 Å². The molecule has 0 saturated carbocycles. The molecule has 1 aromatic rings. The molecule has 1 aliphatic rings. The number of anilines is 1. The number of amides is 2. The predicted octanol–water partition coefficient (Wildman–Crippen LogP) is 3.50. The summed E-state index contributed by atoms with van der Waals surface area (Å²) < 4.78 is 27.0. The van der Waals surface area contributed by atoms with Crippen LogP contribution in [0.2, 0.25) is 0 Å². The van der Waals surface area contributed by atoms with E-state index in [1.54, 1.807) is 0 Å². The molecule has 0 spiro atoms. The summed E-state index contributed by atoms with van der Waals surface area (Å²) in [6.45, 7) is 4.20. The van der Waals surface area contributed by atoms with E-state index in [2.05, 4.69) is 6.92 Å². The lowest BCUT2D eigenvalue weighted by atomic mass is 9.99. The molecule has 2 amide bonds. The SMILES string of the molecule is CCC1CCCCN1C(=O)CCN(C(C)=O)c1ccc(F)cc1F. The molecular weight excluding hydrogens is 314 g/mol. The van der Waals surface area contributed by atoms with Gasteiger partial charge in [0.25, 0.3) is 0 Å². The molecule has 0 N–H and O–H groups in total. The van der Waals surface area contributed by atoms with Crippen LogP contribution in [0.4, 0.5) is 14.5 Å². The molecule has 6 heteroatoms. The van der Waals surface area contributed by atoms with Crippen molar-refractivity contribution in [3.63, 3.8) is 0 Å². The maximum atomic E-state index is 13.9. The largest absolute Gasteiger partial charge is 0.340 e. The minimum Gasteiger partial charge on any atom is -0.340 e. The number of hydrogen-bond donors (Lipinski definition) is 0. The lowest BCUT2D eigenvalue weighted by molar-refractivity contribution is -0.134. The summed E-state index contributed by atoms with van der Waals surface area (Å²) >= 11 is 0. The molecule has 0 radical (unpaired) electrons. The first-order chi connectivity index (χ1) is 11.4. The fourth-order valence-corrected chi connectivity index (χ4v) is 3.25. The number of halogens is 2. The second-order valence-electron chi connectivity index (χ2n) is 6.16. The van der Waals surface area contributed by atoms with Crippen LogP contribution in [0.3, 0.4) is 0 Å². The van der Waals surface area contributed by atoms with Gasteiger partial charge in [-0.05, 0) is 37.8 Å². The summed E-state index contributed by atoms with van der Waals surface area (Å²) in [5.74, 6) is -1.90. The highest BCUT2D eigenvalue weighted by atomic mass is 19.1. The van der Waals surface area contributed by atoms with Gasteiger partial charge in [-0.2, -0.15) is 0 Å². The van der Waals surface area contributed by atoms with E-state index in [1.165, 1.54) is 17.9 Å². The van der Waals surface area contributed by atoms with E-state index in [9.17, 15) is 18.4 Å². The van der Waals surface area contributed by atoms with E-state index in [0.717, 1.165) is 44.4 Å². The molecule has 2 rings (SSSR count). The molecule has 1 heterocycles. The Balaban J connectivity index is 2.06. The van der Waals surface area contributed by atoms with E-state index in [4.69, 9.17) is 0 Å². The van der Waals surface area contributed by atoms with Crippen molar-refractivity contribution in [2.75, 3.05) is 18.0 Å². The Bertz CT molecular complexity index is 607. The Morgan fingerprint density at radius 3 is 2.67 bits per heavy atom. The van der Waals surface area contributed by atoms with E-state index in [-0.39, 0.29) is 36.5 Å². The predicted molar refractivity (Wildman–Crippen MR) is 88.6 cm³/mol. The van der Waals surface area contributed by atoms with Crippen LogP contribution >= 0.6 is 0 Å². The van der Waals surface area contributed by atoms with E-state index in [0.29, 0.717) is 0 Å². The highest BCUT2D eigenvalue weighted by Gasteiger charge is 2.26. The minimum atomic E-state index is -0.804. The zero-order valence-corrected chi connectivity index (χ0v) is 14.2. The standard InChI is InChI=1S/C18H24F2N2O2/c1-3-15-6-4-5-10-22(15)18(24)9-11-21(13(2)23)17-8-7-14(19)12-16(17)20/h7-8,12,15H,3-6,9-11H2,1-2H3. The van der Waals surface area contributed by atoms with E-state index >= 15 is 0 Å². The van der Waals surface area contributed by atoms with Crippen LogP contribution in [0, 0.1) is 11.6 Å². The summed E-state index contributed by atoms with van der Waals surface area (Å²) in [7, 11) is 0. The quantitative estimate of drug-likeness (QED) is 0.824. The monoisotopic (exact) mass is 338 g/mol. The van der Waals surface area contributed by atoms with Crippen molar-refractivity contribution in [1.29, 1.82) is 0 Å². The number of likely N-dealkylation sites (tertiary alicyclic amines) is 1. The summed E-state index contributed by atoms with van der Waals surface area (Å²) in [6.07, 6.45) is 4.17. The Hall–Kier alpha value is -1.98. The van der Waals surface area contributed by atoms with Gasteiger partial charge in [-0.25, -0.2) is 8.78 Å². The highest BCUT2D eigenvalue weighted by molar-refractivity contribution is 5.92. The highest BCUT2D eigenvalue weighted by Crippen LogP contribution is 2.23. The molecule has 0 aliphatic carbocycles. The van der Waals surface area contributed by atoms with Crippen LogP contribution in [0.15, 0.2) is 18.2 Å². The molecule has 0 bridgehead atoms. The number of rotatable bonds is 5. The van der Waals surface area contributed by atoms with Crippen LogP contribution in [0.1, 0.15) is 46.0 Å². The second kappa shape index (κ2) is 8.22. The van der Waals surface area contributed by atoms with Gasteiger partial charge in [0.05, 0.1) is 5.69 Å². The molecule has 132 valence electrons. The van der Waals surface area contributed by atoms with Gasteiger partial charge in [0.15, 0.2) is 0 Å². The van der Waals surface area contributed by atoms with Crippen LogP contribution in [-0.4, -0.2) is 35.8 Å². The minimum absolute atomic E-state index is 0.00221. The van der Waals surface area contributed by atoms with Crippen LogP contribution in [-0.2, 0) is 9.59 Å². The lowest BCUT2D eigenvalue weighted by Gasteiger charge is -2.35. The third kappa shape index (κ3) is 4.30. The molecule has 1 unspecified atom stereocenters. The topological polar surface area (TPSA) is 40.6 Å². The van der Waals surface area contributed by atoms with Gasteiger partial charge in [0.1, 0.15) is 11.6 Å². The maximum Gasteiger partial charge on any atom is 0.224 e. The molecule has 0 aromatic heterocycles. The summed E-state index contributed by atoms with van der Waals surface area (Å²) in [4.78, 5) is 27.4. The summed E-state index contributed by atoms with van der Waals surface area (Å²) in [5, 5.41) is 0. The normalized spacial score (nSPS) is 17.7. The van der Waals surface area contributed by atoms with E-state index < -0.39 is 11.6 Å². The van der Waals surface area contributed by atoms with Crippen molar-refractivity contribution in [3.8, 4) is 0 Å². The van der Waals surface area contributed by atoms with Crippen LogP contribution in [0.25, 0.3) is 0 Å². The van der Waals surface area contributed by atoms with E-state index in [1.807, 2.05) is 4.90 Å². The third-order valence-corrected chi connectivity index (χ3v) is 4.55. The first kappa shape index (κ1) is 18.4. The molecule has 1 aromatic carbocycles. The molecule has 1 atom stereocenters. The van der Waals surface area contributed by atoms with Crippen molar-refractivity contribution >= 4 is 17.5 Å². The third-order valence-electron chi connectivity index (χ3n) is 4.55. The molecule has 1 fully saturated rings. The van der Waals surface area contributed by atoms with Crippen LogP contribution in [0.5, 0.6) is 0 Å². The summed E-state index contributed by atoms with van der Waals surface area (Å²) in [6, 6.07) is 3.32. The number of carbonyl (C=O) groups is 2. The molecule has 1 aliphatic heterocycles. The number of hydrogen-bond acceptors (Lipinski definition) is 2. The number of carbonyl (C=O) groups excluding carboxylic acids is 2. The molecule has 24 heavy (non-hydrogen) atoms. The van der Waals surface area contributed by atoms with Gasteiger partial charge in [0, 0.05) is 38.5 Å². The van der Waals surface area contributed by atoms with Crippen LogP contribution < -0.4 is 4.90 Å². The average molecular weight is 338 g/mol. The fourth-order valence-electron chi connectivity index (χ4n) is 3.25. The molecular formula is C18H24F2N2O2. The second-order valence-corrected chi connectivity index (χ2v) is 6.16. The van der Waals surface area contributed by atoms with Gasteiger partial charge in [0.2, 0.25) is 11.8 Å². The van der Waals surface area contributed by atoms with Crippen molar-refractivity contribution in [2.24, 2.45) is 0 Å². The number of nitrogens with zero attached hydrogens (tertiary/aromatic N) is 2. The number of piperidine rings is 1. The zero-order chi connectivity index (χ0) is 17.7. The first-order valence-electron chi connectivity index (χ1n) is 8.46. The Morgan fingerprint density at radius 1 is 1.29 bits per heavy atom. The van der Waals surface area contributed by atoms with Crippen molar-refractivity contribution < 1.29 is 18.4 Å². The molecule has 4 nitrogen and oxygen atoms in total. The van der Waals surface area contributed by atoms with Gasteiger partial charge >= 0.3 is 0 Å². The van der Waals surface area contributed by atoms with Crippen molar-refractivity contribution in [1.82, 2.24) is 4.90 Å². The van der Waals surface area contributed by atoms with Crippen molar-refractivity contribution in [3.05, 3.63) is 29.8 Å². The van der Waals surface area contributed by atoms with Gasteiger partial charge in [-0.1, -0.05) is 6.92 Å². The summed E-state index contributed by atoms with van der Waals surface area (Å²) in [5.41, 5.74) is 0.00221. The first-order valence-corrected chi connectivity index (χ1v) is 8.46. The lowest BCUT2D eigenvalue weighted by Crippen LogP contribution is -2.44. The number of benzene rings is 1. The van der Waals surface area contributed by atoms with Gasteiger partial charge in [-0.3, -0.25) is 9.59 Å². The van der Waals surface area contributed by atoms with Gasteiger partial charge < -0.3 is 9.80 Å².